The van der Waals surface area contributed by atoms with Crippen LogP contribution in [0.5, 0.6) is 0 Å². The van der Waals surface area contributed by atoms with E-state index in [1.807, 2.05) is 24.1 Å². The van der Waals surface area contributed by atoms with Crippen LogP contribution in [-0.2, 0) is 4.79 Å². The monoisotopic (exact) mass is 343 g/mol. The lowest BCUT2D eigenvalue weighted by Gasteiger charge is -2.29. The number of nitrogens with zero attached hydrogens (tertiary/aromatic N) is 2. The van der Waals surface area contributed by atoms with Crippen LogP contribution in [0.3, 0.4) is 0 Å². The first-order valence-corrected chi connectivity index (χ1v) is 8.98. The van der Waals surface area contributed by atoms with Gasteiger partial charge in [0, 0.05) is 24.2 Å². The summed E-state index contributed by atoms with van der Waals surface area (Å²) in [5.41, 5.74) is 1.38. The molecule has 1 aliphatic carbocycles. The minimum atomic E-state index is -1.14. The molecule has 0 bridgehead atoms. The molecule has 0 unspecified atom stereocenters. The molecule has 1 amide bonds. The SMILES string of the molecule is CC1=NN(c2ccc(C(=O)NC3(C(=O)O)CCCCCC3)cc2)CC1. The number of amides is 1. The van der Waals surface area contributed by atoms with Crippen LogP contribution in [0.25, 0.3) is 0 Å². The van der Waals surface area contributed by atoms with E-state index in [4.69, 9.17) is 0 Å². The van der Waals surface area contributed by atoms with Gasteiger partial charge in [0.05, 0.1) is 5.69 Å². The number of hydrogen-bond donors (Lipinski definition) is 2. The average Bonchev–Trinajstić information content (AvgIpc) is 2.89. The van der Waals surface area contributed by atoms with Crippen molar-refractivity contribution in [3.63, 3.8) is 0 Å². The minimum Gasteiger partial charge on any atom is -0.480 e. The fourth-order valence-corrected chi connectivity index (χ4v) is 3.56. The van der Waals surface area contributed by atoms with Crippen LogP contribution >= 0.6 is 0 Å². The van der Waals surface area contributed by atoms with Gasteiger partial charge in [-0.3, -0.25) is 9.80 Å². The number of carbonyl (C=O) groups excluding carboxylic acids is 1. The molecule has 1 fully saturated rings. The molecule has 1 saturated carbocycles. The van der Waals surface area contributed by atoms with E-state index in [-0.39, 0.29) is 5.91 Å². The van der Waals surface area contributed by atoms with Gasteiger partial charge in [-0.1, -0.05) is 25.7 Å². The smallest absolute Gasteiger partial charge is 0.329 e. The van der Waals surface area contributed by atoms with Gasteiger partial charge in [-0.25, -0.2) is 4.79 Å². The fraction of sp³-hybridized carbons (Fsp3) is 0.526. The number of hydrazone groups is 1. The Morgan fingerprint density at radius 2 is 1.76 bits per heavy atom. The van der Waals surface area contributed by atoms with Crippen molar-refractivity contribution in [3.05, 3.63) is 29.8 Å². The molecule has 1 aliphatic heterocycles. The van der Waals surface area contributed by atoms with Crippen LogP contribution in [0.15, 0.2) is 29.4 Å². The van der Waals surface area contributed by atoms with Crippen molar-refractivity contribution < 1.29 is 14.7 Å². The summed E-state index contributed by atoms with van der Waals surface area (Å²) in [6, 6.07) is 7.19. The summed E-state index contributed by atoms with van der Waals surface area (Å²) in [6.45, 7) is 2.85. The third-order valence-corrected chi connectivity index (χ3v) is 5.12. The van der Waals surface area contributed by atoms with Crippen LogP contribution in [0.2, 0.25) is 0 Å². The maximum Gasteiger partial charge on any atom is 0.329 e. The lowest BCUT2D eigenvalue weighted by atomic mass is 9.90. The van der Waals surface area contributed by atoms with E-state index in [0.717, 1.165) is 50.0 Å². The largest absolute Gasteiger partial charge is 0.480 e. The number of benzene rings is 1. The molecule has 6 nitrogen and oxygen atoms in total. The molecule has 2 aliphatic rings. The van der Waals surface area contributed by atoms with Gasteiger partial charge in [0.1, 0.15) is 5.54 Å². The van der Waals surface area contributed by atoms with Gasteiger partial charge in [0.25, 0.3) is 5.91 Å². The first-order valence-electron chi connectivity index (χ1n) is 8.98. The number of carboxylic acids is 1. The topological polar surface area (TPSA) is 82.0 Å². The van der Waals surface area contributed by atoms with Gasteiger partial charge in [-0.05, 0) is 44.0 Å². The Hall–Kier alpha value is -2.37. The number of carbonyl (C=O) groups is 2. The van der Waals surface area contributed by atoms with Gasteiger partial charge in [-0.2, -0.15) is 5.10 Å². The molecule has 134 valence electrons. The molecule has 1 aromatic carbocycles. The molecule has 1 aromatic rings. The lowest BCUT2D eigenvalue weighted by molar-refractivity contribution is -0.145. The second-order valence-corrected chi connectivity index (χ2v) is 7.01. The van der Waals surface area contributed by atoms with Gasteiger partial charge in [0.15, 0.2) is 0 Å². The Morgan fingerprint density at radius 3 is 2.28 bits per heavy atom. The number of rotatable bonds is 4. The number of hydrogen-bond acceptors (Lipinski definition) is 4. The Balaban J connectivity index is 1.72. The lowest BCUT2D eigenvalue weighted by Crippen LogP contribution is -2.54. The van der Waals surface area contributed by atoms with Crippen LogP contribution in [0, 0.1) is 0 Å². The standard InChI is InChI=1S/C19H25N3O3/c1-14-10-13-22(21-14)16-8-6-15(7-9-16)17(23)20-19(18(24)25)11-4-2-3-5-12-19/h6-9H,2-5,10-13H2,1H3,(H,20,23)(H,24,25). The van der Waals surface area contributed by atoms with Crippen molar-refractivity contribution in [1.82, 2.24) is 5.32 Å². The van der Waals surface area contributed by atoms with Gasteiger partial charge >= 0.3 is 5.97 Å². The molecule has 1 heterocycles. The molecule has 0 radical (unpaired) electrons. The normalized spacial score (nSPS) is 19.9. The Kier molecular flexibility index (Phi) is 5.06. The minimum absolute atomic E-state index is 0.322. The highest BCUT2D eigenvalue weighted by Crippen LogP contribution is 2.28. The molecule has 2 N–H and O–H groups in total. The molecule has 6 heteroatoms. The summed E-state index contributed by atoms with van der Waals surface area (Å²) in [4.78, 5) is 24.4. The van der Waals surface area contributed by atoms with E-state index >= 15 is 0 Å². The number of anilines is 1. The van der Waals surface area contributed by atoms with E-state index in [2.05, 4.69) is 10.4 Å². The van der Waals surface area contributed by atoms with E-state index in [9.17, 15) is 14.7 Å². The Bertz CT molecular complexity index is 674. The first kappa shape index (κ1) is 17.5. The van der Waals surface area contributed by atoms with Crippen molar-refractivity contribution in [2.45, 2.75) is 57.4 Å². The zero-order valence-electron chi connectivity index (χ0n) is 14.6. The van der Waals surface area contributed by atoms with Gasteiger partial charge < -0.3 is 10.4 Å². The Morgan fingerprint density at radius 1 is 1.12 bits per heavy atom. The third-order valence-electron chi connectivity index (χ3n) is 5.12. The number of nitrogens with one attached hydrogen (secondary N) is 1. The second kappa shape index (κ2) is 7.25. The highest BCUT2D eigenvalue weighted by molar-refractivity contribution is 5.98. The van der Waals surface area contributed by atoms with Crippen LogP contribution < -0.4 is 10.3 Å². The fourth-order valence-electron chi connectivity index (χ4n) is 3.56. The highest BCUT2D eigenvalue weighted by atomic mass is 16.4. The van der Waals surface area contributed by atoms with E-state index in [0.29, 0.717) is 18.4 Å². The molecular weight excluding hydrogens is 318 g/mol. The van der Waals surface area contributed by atoms with Crippen molar-refractivity contribution in [2.75, 3.05) is 11.6 Å². The first-order chi connectivity index (χ1) is 12.0. The van der Waals surface area contributed by atoms with Gasteiger partial charge in [-0.15, -0.1) is 0 Å². The van der Waals surface area contributed by atoms with Crippen molar-refractivity contribution >= 4 is 23.3 Å². The molecule has 0 spiro atoms. The average molecular weight is 343 g/mol. The predicted octanol–water partition coefficient (Wildman–Crippen LogP) is 3.18. The molecule has 25 heavy (non-hydrogen) atoms. The van der Waals surface area contributed by atoms with Crippen molar-refractivity contribution in [3.8, 4) is 0 Å². The van der Waals surface area contributed by atoms with Crippen molar-refractivity contribution in [1.29, 1.82) is 0 Å². The predicted molar refractivity (Wildman–Crippen MR) is 97.0 cm³/mol. The van der Waals surface area contributed by atoms with E-state index < -0.39 is 11.5 Å². The number of aliphatic carboxylic acids is 1. The summed E-state index contributed by atoms with van der Waals surface area (Å²) in [5.74, 6) is -1.25. The summed E-state index contributed by atoms with van der Waals surface area (Å²) in [7, 11) is 0. The maximum atomic E-state index is 12.6. The zero-order chi connectivity index (χ0) is 17.9. The molecule has 3 rings (SSSR count). The van der Waals surface area contributed by atoms with E-state index in [1.54, 1.807) is 12.1 Å². The number of carboxylic acid groups (broad SMARTS) is 1. The third kappa shape index (κ3) is 3.83. The Labute approximate surface area is 147 Å². The maximum absolute atomic E-state index is 12.6. The molecule has 0 saturated heterocycles. The van der Waals surface area contributed by atoms with Crippen LogP contribution in [0.4, 0.5) is 5.69 Å². The van der Waals surface area contributed by atoms with Crippen LogP contribution in [0.1, 0.15) is 62.2 Å². The zero-order valence-corrected chi connectivity index (χ0v) is 14.6. The summed E-state index contributed by atoms with van der Waals surface area (Å²) in [6.07, 6.45) is 5.64. The summed E-state index contributed by atoms with van der Waals surface area (Å²) < 4.78 is 0. The molecule has 0 atom stereocenters. The summed E-state index contributed by atoms with van der Waals surface area (Å²) in [5, 5.41) is 18.9. The van der Waals surface area contributed by atoms with Gasteiger partial charge in [0.2, 0.25) is 0 Å². The van der Waals surface area contributed by atoms with E-state index in [1.165, 1.54) is 0 Å². The van der Waals surface area contributed by atoms with Crippen LogP contribution in [-0.4, -0.2) is 34.8 Å². The van der Waals surface area contributed by atoms with Crippen molar-refractivity contribution in [2.24, 2.45) is 5.10 Å². The molecular formula is C19H25N3O3. The summed E-state index contributed by atoms with van der Waals surface area (Å²) >= 11 is 0. The second-order valence-electron chi connectivity index (χ2n) is 7.01. The quantitative estimate of drug-likeness (QED) is 0.823. The molecule has 0 aromatic heterocycles. The highest BCUT2D eigenvalue weighted by Gasteiger charge is 2.40.